The number of piperidine rings is 2. The van der Waals surface area contributed by atoms with Crippen LogP contribution in [0.1, 0.15) is 73.3 Å². The highest BCUT2D eigenvalue weighted by Gasteiger charge is 2.23. The summed E-state index contributed by atoms with van der Waals surface area (Å²) in [4.78, 5) is 74.7. The Hall–Kier alpha value is -7.80. The number of aryl methyl sites for hydroxylation is 2. The second-order valence-electron chi connectivity index (χ2n) is 16.8. The van der Waals surface area contributed by atoms with Gasteiger partial charge in [0.2, 0.25) is 0 Å². The third-order valence-electron chi connectivity index (χ3n) is 11.1. The van der Waals surface area contributed by atoms with Gasteiger partial charge in [-0.05, 0) is 113 Å². The normalized spacial score (nSPS) is 15.7. The molecular formula is C52H62F2N8O12S2. The second-order valence-corrected chi connectivity index (χ2v) is 19.1. The van der Waals surface area contributed by atoms with Crippen molar-refractivity contribution in [3.8, 4) is 0 Å². The van der Waals surface area contributed by atoms with E-state index >= 15 is 0 Å². The number of aliphatic carboxylic acids is 6. The van der Waals surface area contributed by atoms with Crippen molar-refractivity contribution in [1.29, 1.82) is 0 Å². The summed E-state index contributed by atoms with van der Waals surface area (Å²) in [6.07, 6.45) is 13.2. The molecule has 4 aliphatic heterocycles. The first-order valence-corrected chi connectivity index (χ1v) is 25.9. The van der Waals surface area contributed by atoms with Gasteiger partial charge in [-0.25, -0.2) is 37.5 Å². The molecule has 0 aliphatic carbocycles. The third kappa shape index (κ3) is 22.0. The van der Waals surface area contributed by atoms with E-state index in [0.717, 1.165) is 94.6 Å². The maximum Gasteiger partial charge on any atom is 0.328 e. The highest BCUT2D eigenvalue weighted by atomic mass is 32.1. The summed E-state index contributed by atoms with van der Waals surface area (Å²) in [7, 11) is 0. The number of halogens is 2. The van der Waals surface area contributed by atoms with Crippen LogP contribution >= 0.6 is 22.7 Å². The lowest BCUT2D eigenvalue weighted by Crippen LogP contribution is -2.32. The number of likely N-dealkylation sites (tertiary alicyclic amines) is 2. The Morgan fingerprint density at radius 3 is 1.09 bits per heavy atom. The van der Waals surface area contributed by atoms with Gasteiger partial charge < -0.3 is 61.7 Å². The number of carboxylic acid groups (broad SMARTS) is 6. The van der Waals surface area contributed by atoms with Gasteiger partial charge in [0.15, 0.2) is 0 Å². The van der Waals surface area contributed by atoms with E-state index < -0.39 is 35.8 Å². The van der Waals surface area contributed by atoms with E-state index in [9.17, 15) is 37.5 Å². The summed E-state index contributed by atoms with van der Waals surface area (Å²) >= 11 is 3.49. The predicted molar refractivity (Wildman–Crippen MR) is 291 cm³/mol. The van der Waals surface area contributed by atoms with Crippen molar-refractivity contribution in [3.05, 3.63) is 118 Å². The van der Waals surface area contributed by atoms with Crippen LogP contribution in [0.15, 0.2) is 95.0 Å². The van der Waals surface area contributed by atoms with E-state index in [0.29, 0.717) is 36.5 Å². The molecule has 4 aromatic rings. The van der Waals surface area contributed by atoms with Crippen LogP contribution in [0.5, 0.6) is 0 Å². The number of thiophene rings is 2. The zero-order valence-electron chi connectivity index (χ0n) is 41.9. The molecule has 408 valence electrons. The number of hydrogen-bond acceptors (Lipinski definition) is 14. The van der Waals surface area contributed by atoms with Crippen molar-refractivity contribution in [2.45, 2.75) is 65.2 Å². The number of carboxylic acids is 6. The topological polar surface area (TPSA) is 303 Å². The molecule has 0 spiro atoms. The van der Waals surface area contributed by atoms with Crippen molar-refractivity contribution in [2.75, 3.05) is 73.6 Å². The minimum absolute atomic E-state index is 0.245. The number of aliphatic imine (C=N–C) groups is 2. The molecule has 8 rings (SSSR count). The fourth-order valence-electron chi connectivity index (χ4n) is 7.51. The van der Waals surface area contributed by atoms with Crippen LogP contribution in [0.25, 0.3) is 0 Å². The standard InChI is InChI=1S/2C20H25FN4S.3C4H4O4/c2*1-2-15-13-16-19(22-8-11-25-9-4-3-5-10-25)23-18-12-14(21)6-7-17(18)24-20(16)26-15;3*5-3(6)1-2-4(7)8/h2*6-7,12-13,24H,2-5,8-11H2,1H3,(H,22,23);3*1-2H,(H,5,6)(H,7,8)/b;;3*2-1+. The van der Waals surface area contributed by atoms with Crippen molar-refractivity contribution in [1.82, 2.24) is 9.80 Å². The van der Waals surface area contributed by atoms with E-state index in [-0.39, 0.29) is 11.6 Å². The fourth-order valence-corrected chi connectivity index (χ4v) is 9.53. The molecule has 2 aromatic carbocycles. The monoisotopic (exact) mass is 1090 g/mol. The number of rotatable bonds is 14. The summed E-state index contributed by atoms with van der Waals surface area (Å²) in [6, 6.07) is 14.0. The van der Waals surface area contributed by atoms with Crippen LogP contribution in [-0.4, -0.2) is 140 Å². The van der Waals surface area contributed by atoms with E-state index in [1.165, 1.54) is 98.7 Å². The molecule has 0 saturated carbocycles. The molecule has 10 N–H and O–H groups in total. The highest BCUT2D eigenvalue weighted by Crippen LogP contribution is 2.39. The van der Waals surface area contributed by atoms with Gasteiger partial charge in [-0.15, -0.1) is 22.7 Å². The first-order valence-electron chi connectivity index (χ1n) is 24.2. The summed E-state index contributed by atoms with van der Waals surface area (Å²) in [5, 5.41) is 62.7. The first-order chi connectivity index (χ1) is 36.3. The van der Waals surface area contributed by atoms with E-state index in [4.69, 9.17) is 40.6 Å². The lowest BCUT2D eigenvalue weighted by molar-refractivity contribution is -0.134. The van der Waals surface area contributed by atoms with E-state index in [2.05, 4.69) is 57.0 Å². The van der Waals surface area contributed by atoms with Crippen LogP contribution in [0.4, 0.5) is 41.5 Å². The molecule has 20 nitrogen and oxygen atoms in total. The molecule has 6 heterocycles. The third-order valence-corrected chi connectivity index (χ3v) is 13.5. The summed E-state index contributed by atoms with van der Waals surface area (Å²) < 4.78 is 27.4. The number of hydrogen-bond donors (Lipinski definition) is 10. The Kier molecular flexibility index (Phi) is 25.4. The van der Waals surface area contributed by atoms with Crippen molar-refractivity contribution >= 4 is 103 Å². The Labute approximate surface area is 445 Å². The molecule has 2 fully saturated rings. The molecule has 0 amide bonds. The fraction of sp³-hybridized carbons (Fsp3) is 0.346. The number of amidine groups is 2. The van der Waals surface area contributed by atoms with Gasteiger partial charge in [-0.3, -0.25) is 9.98 Å². The van der Waals surface area contributed by atoms with E-state index in [1.54, 1.807) is 34.8 Å². The van der Waals surface area contributed by atoms with Crippen molar-refractivity contribution in [3.63, 3.8) is 0 Å². The molecule has 2 saturated heterocycles. The van der Waals surface area contributed by atoms with Gasteiger partial charge in [-0.1, -0.05) is 26.7 Å². The largest absolute Gasteiger partial charge is 0.478 e. The van der Waals surface area contributed by atoms with Crippen LogP contribution in [0, 0.1) is 11.6 Å². The molecule has 0 unspecified atom stereocenters. The smallest absolute Gasteiger partial charge is 0.328 e. The van der Waals surface area contributed by atoms with Gasteiger partial charge in [0.05, 0.1) is 47.0 Å². The number of nitrogens with zero attached hydrogens (tertiary/aromatic N) is 4. The van der Waals surface area contributed by atoms with Gasteiger partial charge >= 0.3 is 35.8 Å². The highest BCUT2D eigenvalue weighted by molar-refractivity contribution is 7.17. The maximum absolute atomic E-state index is 13.7. The molecule has 0 atom stereocenters. The maximum atomic E-state index is 13.7. The first kappa shape index (κ1) is 60.8. The predicted octanol–water partition coefficient (Wildman–Crippen LogP) is 8.84. The van der Waals surface area contributed by atoms with Crippen LogP contribution < -0.4 is 21.3 Å². The Balaban J connectivity index is 0.000000232. The van der Waals surface area contributed by atoms with Crippen LogP contribution in [-0.2, 0) is 41.6 Å². The molecule has 0 bridgehead atoms. The van der Waals surface area contributed by atoms with Gasteiger partial charge in [0.1, 0.15) is 33.3 Å². The quantitative estimate of drug-likeness (QED) is 0.0527. The van der Waals surface area contributed by atoms with Crippen LogP contribution in [0.2, 0.25) is 0 Å². The zero-order valence-corrected chi connectivity index (χ0v) is 43.5. The molecular weight excluding hydrogens is 1030 g/mol. The second kappa shape index (κ2) is 31.8. The minimum atomic E-state index is -1.26. The molecule has 4 aliphatic rings. The lowest BCUT2D eigenvalue weighted by Gasteiger charge is -2.25. The number of anilines is 6. The number of carbonyl (C=O) groups is 6. The van der Waals surface area contributed by atoms with Gasteiger partial charge in [-0.2, -0.15) is 0 Å². The number of fused-ring (bicyclic) bond motifs is 4. The SMILES string of the molecule is CCc1cc2c(s1)Nc1ccc(F)cc1NC2=NCCN1CCCCC1.CCc1cc2c(s1)Nc1ccc(F)cc1NC2=NCCN1CCCCC1.O=C(O)/C=C/C(=O)O.O=C(O)/C=C/C(=O)O.O=C(O)/C=C/C(=O)O. The summed E-state index contributed by atoms with van der Waals surface area (Å²) in [5.41, 5.74) is 5.42. The zero-order chi connectivity index (χ0) is 55.6. The average Bonchev–Trinajstić information content (AvgIpc) is 3.93. The molecule has 2 aromatic heterocycles. The minimum Gasteiger partial charge on any atom is -0.478 e. The number of nitrogens with one attached hydrogen (secondary N) is 4. The molecule has 76 heavy (non-hydrogen) atoms. The Morgan fingerprint density at radius 1 is 0.487 bits per heavy atom. The summed E-state index contributed by atoms with van der Waals surface area (Å²) in [6.45, 7) is 12.5. The van der Waals surface area contributed by atoms with Gasteiger partial charge in [0.25, 0.3) is 0 Å². The average molecular weight is 1090 g/mol. The van der Waals surface area contributed by atoms with Crippen molar-refractivity contribution in [2.24, 2.45) is 9.98 Å². The van der Waals surface area contributed by atoms with Gasteiger partial charge in [0, 0.05) is 59.3 Å². The van der Waals surface area contributed by atoms with Crippen molar-refractivity contribution < 1.29 is 68.2 Å². The molecule has 0 radical (unpaired) electrons. The summed E-state index contributed by atoms with van der Waals surface area (Å²) in [5.74, 6) is -6.36. The Bertz CT molecular complexity index is 2530. The van der Waals surface area contributed by atoms with E-state index in [1.807, 2.05) is 0 Å². The van der Waals surface area contributed by atoms with Crippen LogP contribution in [0.3, 0.4) is 0 Å². The lowest BCUT2D eigenvalue weighted by atomic mass is 10.1. The Morgan fingerprint density at radius 2 is 0.803 bits per heavy atom. The number of benzene rings is 2. The molecule has 24 heteroatoms.